The van der Waals surface area contributed by atoms with Crippen molar-refractivity contribution in [2.45, 2.75) is 32.9 Å². The third kappa shape index (κ3) is 2.60. The summed E-state index contributed by atoms with van der Waals surface area (Å²) in [5.41, 5.74) is 0.736. The highest BCUT2D eigenvalue weighted by atomic mass is 19.1. The van der Waals surface area contributed by atoms with Gasteiger partial charge in [0.1, 0.15) is 5.82 Å². The van der Waals surface area contributed by atoms with Crippen molar-refractivity contribution in [1.29, 1.82) is 0 Å². The summed E-state index contributed by atoms with van der Waals surface area (Å²) >= 11 is 0. The molecule has 1 aromatic carbocycles. The molecule has 1 aliphatic heterocycles. The minimum Gasteiger partial charge on any atom is -0.363 e. The summed E-state index contributed by atoms with van der Waals surface area (Å²) in [5, 5.41) is 3.47. The molecule has 2 rings (SSSR count). The monoisotopic (exact) mass is 236 g/mol. The van der Waals surface area contributed by atoms with Gasteiger partial charge in [0.25, 0.3) is 0 Å². The molecule has 2 unspecified atom stereocenters. The second kappa shape index (κ2) is 5.05. The zero-order chi connectivity index (χ0) is 12.4. The van der Waals surface area contributed by atoms with Crippen LogP contribution in [-0.2, 0) is 0 Å². The van der Waals surface area contributed by atoms with Gasteiger partial charge in [-0.1, -0.05) is 26.0 Å². The smallest absolute Gasteiger partial charge is 0.146 e. The molecular formula is C14H21FN2. The van der Waals surface area contributed by atoms with Gasteiger partial charge in [0.15, 0.2) is 0 Å². The summed E-state index contributed by atoms with van der Waals surface area (Å²) in [6.45, 7) is 8.31. The van der Waals surface area contributed by atoms with Gasteiger partial charge < -0.3 is 10.2 Å². The molecule has 1 N–H and O–H groups in total. The van der Waals surface area contributed by atoms with Crippen LogP contribution in [-0.4, -0.2) is 25.2 Å². The van der Waals surface area contributed by atoms with Crippen LogP contribution in [0.25, 0.3) is 0 Å². The highest BCUT2D eigenvalue weighted by Crippen LogP contribution is 2.26. The van der Waals surface area contributed by atoms with Crippen LogP contribution in [0.15, 0.2) is 24.3 Å². The Kier molecular flexibility index (Phi) is 3.67. The molecule has 1 heterocycles. The number of hydrogen-bond acceptors (Lipinski definition) is 2. The van der Waals surface area contributed by atoms with E-state index in [4.69, 9.17) is 0 Å². The second-order valence-corrected chi connectivity index (χ2v) is 5.22. The number of nitrogens with one attached hydrogen (secondary N) is 1. The third-order valence-electron chi connectivity index (χ3n) is 3.48. The lowest BCUT2D eigenvalue weighted by Gasteiger charge is -2.43. The molecule has 0 aliphatic carbocycles. The average molecular weight is 236 g/mol. The average Bonchev–Trinajstić information content (AvgIpc) is 2.29. The molecule has 17 heavy (non-hydrogen) atoms. The Morgan fingerprint density at radius 2 is 2.06 bits per heavy atom. The van der Waals surface area contributed by atoms with Crippen LogP contribution in [0.2, 0.25) is 0 Å². The molecule has 1 fully saturated rings. The van der Waals surface area contributed by atoms with Gasteiger partial charge in [0.2, 0.25) is 0 Å². The maximum atomic E-state index is 13.9. The topological polar surface area (TPSA) is 15.3 Å². The number of nitrogens with zero attached hydrogens (tertiary/aromatic N) is 1. The van der Waals surface area contributed by atoms with Crippen LogP contribution in [0.5, 0.6) is 0 Å². The van der Waals surface area contributed by atoms with Crippen LogP contribution in [0.3, 0.4) is 0 Å². The molecule has 1 saturated heterocycles. The van der Waals surface area contributed by atoms with Crippen molar-refractivity contribution in [3.8, 4) is 0 Å². The van der Waals surface area contributed by atoms with Crippen LogP contribution >= 0.6 is 0 Å². The van der Waals surface area contributed by atoms with E-state index in [1.807, 2.05) is 12.1 Å². The van der Waals surface area contributed by atoms with Crippen LogP contribution in [0.4, 0.5) is 10.1 Å². The first-order chi connectivity index (χ1) is 8.09. The van der Waals surface area contributed by atoms with Gasteiger partial charge in [-0.05, 0) is 25.0 Å². The summed E-state index contributed by atoms with van der Waals surface area (Å²) in [7, 11) is 0. The van der Waals surface area contributed by atoms with Gasteiger partial charge in [0.05, 0.1) is 5.69 Å². The molecule has 2 nitrogen and oxygen atoms in total. The number of piperazine rings is 1. The number of para-hydroxylation sites is 1. The van der Waals surface area contributed by atoms with E-state index in [0.29, 0.717) is 18.0 Å². The lowest BCUT2D eigenvalue weighted by Crippen LogP contribution is -2.57. The quantitative estimate of drug-likeness (QED) is 0.849. The molecule has 3 heteroatoms. The molecule has 0 spiro atoms. The van der Waals surface area contributed by atoms with Gasteiger partial charge in [0, 0.05) is 25.2 Å². The molecule has 1 aromatic rings. The first-order valence-corrected chi connectivity index (χ1v) is 6.34. The van der Waals surface area contributed by atoms with E-state index in [-0.39, 0.29) is 5.82 Å². The summed E-state index contributed by atoms with van der Waals surface area (Å²) in [4.78, 5) is 2.21. The predicted octanol–water partition coefficient (Wildman–Crippen LogP) is 2.65. The van der Waals surface area contributed by atoms with Gasteiger partial charge in [-0.2, -0.15) is 0 Å². The van der Waals surface area contributed by atoms with Gasteiger partial charge >= 0.3 is 0 Å². The minimum atomic E-state index is -0.118. The molecule has 2 atom stereocenters. The second-order valence-electron chi connectivity index (χ2n) is 5.22. The maximum absolute atomic E-state index is 13.9. The maximum Gasteiger partial charge on any atom is 0.146 e. The van der Waals surface area contributed by atoms with Gasteiger partial charge in [-0.25, -0.2) is 4.39 Å². The number of halogens is 1. The molecule has 0 radical (unpaired) electrons. The SMILES string of the molecule is CC1CN(c2ccccc2F)C(C(C)C)CN1. The Hall–Kier alpha value is -1.09. The zero-order valence-electron chi connectivity index (χ0n) is 10.8. The number of benzene rings is 1. The Morgan fingerprint density at radius 3 is 2.71 bits per heavy atom. The van der Waals surface area contributed by atoms with E-state index in [1.54, 1.807) is 12.1 Å². The minimum absolute atomic E-state index is 0.118. The fourth-order valence-electron chi connectivity index (χ4n) is 2.48. The number of anilines is 1. The van der Waals surface area contributed by atoms with Crippen LogP contribution in [0.1, 0.15) is 20.8 Å². The summed E-state index contributed by atoms with van der Waals surface area (Å²) < 4.78 is 13.9. The first-order valence-electron chi connectivity index (χ1n) is 6.34. The van der Waals surface area contributed by atoms with E-state index in [0.717, 1.165) is 18.8 Å². The van der Waals surface area contributed by atoms with Crippen LogP contribution in [0, 0.1) is 11.7 Å². The van der Waals surface area contributed by atoms with E-state index < -0.39 is 0 Å². The van der Waals surface area contributed by atoms with Gasteiger partial charge in [-0.15, -0.1) is 0 Å². The standard InChI is InChI=1S/C14H21FN2/c1-10(2)14-8-16-11(3)9-17(14)13-7-5-4-6-12(13)15/h4-7,10-11,14,16H,8-9H2,1-3H3. The Labute approximate surface area is 103 Å². The van der Waals surface area contributed by atoms with Crippen molar-refractivity contribution >= 4 is 5.69 Å². The summed E-state index contributed by atoms with van der Waals surface area (Å²) in [6, 6.07) is 7.84. The Balaban J connectivity index is 2.29. The van der Waals surface area contributed by atoms with Crippen molar-refractivity contribution in [1.82, 2.24) is 5.32 Å². The van der Waals surface area contributed by atoms with Crippen LogP contribution < -0.4 is 10.2 Å². The Bertz CT molecular complexity index is 378. The molecule has 0 bridgehead atoms. The fraction of sp³-hybridized carbons (Fsp3) is 0.571. The van der Waals surface area contributed by atoms with Crippen molar-refractivity contribution in [2.24, 2.45) is 5.92 Å². The number of hydrogen-bond donors (Lipinski definition) is 1. The zero-order valence-corrected chi connectivity index (χ0v) is 10.8. The predicted molar refractivity (Wildman–Crippen MR) is 69.8 cm³/mol. The summed E-state index contributed by atoms with van der Waals surface area (Å²) in [5.74, 6) is 0.391. The normalized spacial score (nSPS) is 25.4. The van der Waals surface area contributed by atoms with Crippen molar-refractivity contribution < 1.29 is 4.39 Å². The molecule has 0 aromatic heterocycles. The van der Waals surface area contributed by atoms with E-state index >= 15 is 0 Å². The van der Waals surface area contributed by atoms with Crippen molar-refractivity contribution in [2.75, 3.05) is 18.0 Å². The van der Waals surface area contributed by atoms with Gasteiger partial charge in [-0.3, -0.25) is 0 Å². The van der Waals surface area contributed by atoms with E-state index in [2.05, 4.69) is 31.0 Å². The largest absolute Gasteiger partial charge is 0.363 e. The first kappa shape index (κ1) is 12.4. The molecule has 0 saturated carbocycles. The van der Waals surface area contributed by atoms with E-state index in [1.165, 1.54) is 0 Å². The molecule has 0 amide bonds. The lowest BCUT2D eigenvalue weighted by atomic mass is 9.98. The number of rotatable bonds is 2. The fourth-order valence-corrected chi connectivity index (χ4v) is 2.48. The molecule has 94 valence electrons. The molecule has 1 aliphatic rings. The highest BCUT2D eigenvalue weighted by Gasteiger charge is 2.29. The third-order valence-corrected chi connectivity index (χ3v) is 3.48. The van der Waals surface area contributed by atoms with Crippen molar-refractivity contribution in [3.63, 3.8) is 0 Å². The van der Waals surface area contributed by atoms with Crippen molar-refractivity contribution in [3.05, 3.63) is 30.1 Å². The summed E-state index contributed by atoms with van der Waals surface area (Å²) in [6.07, 6.45) is 0. The highest BCUT2D eigenvalue weighted by molar-refractivity contribution is 5.49. The molecular weight excluding hydrogens is 215 g/mol. The lowest BCUT2D eigenvalue weighted by molar-refractivity contribution is 0.346. The Morgan fingerprint density at radius 1 is 1.35 bits per heavy atom. The van der Waals surface area contributed by atoms with E-state index in [9.17, 15) is 4.39 Å².